The van der Waals surface area contributed by atoms with E-state index in [1.807, 2.05) is 0 Å². The van der Waals surface area contributed by atoms with Crippen molar-refractivity contribution < 1.29 is 22.7 Å². The number of carbonyl (C=O) groups excluding carboxylic acids is 2. The zero-order valence-corrected chi connectivity index (χ0v) is 9.86. The summed E-state index contributed by atoms with van der Waals surface area (Å²) >= 11 is 0. The van der Waals surface area contributed by atoms with E-state index in [9.17, 15) is 18.0 Å². The minimum Gasteiger partial charge on any atom is -0.393 e. The molecule has 0 N–H and O–H groups in total. The topological polar surface area (TPSA) is 77.5 Å². The Hall–Kier alpha value is -1.69. The molecule has 0 amide bonds. The summed E-state index contributed by atoms with van der Waals surface area (Å²) in [5, 5.41) is 0. The molecule has 1 fully saturated rings. The molecule has 1 unspecified atom stereocenters. The maximum Gasteiger partial charge on any atom is 0.321 e. The third kappa shape index (κ3) is 2.36. The molecule has 1 heterocycles. The highest BCUT2D eigenvalue weighted by Gasteiger charge is 2.34. The lowest BCUT2D eigenvalue weighted by Gasteiger charge is -2.05. The number of hydrogen-bond donors (Lipinski definition) is 0. The van der Waals surface area contributed by atoms with E-state index in [4.69, 9.17) is 0 Å². The Morgan fingerprint density at radius 3 is 2.18 bits per heavy atom. The zero-order chi connectivity index (χ0) is 12.6. The zero-order valence-electron chi connectivity index (χ0n) is 9.04. The molecule has 1 atom stereocenters. The van der Waals surface area contributed by atoms with Crippen LogP contribution in [0.3, 0.4) is 0 Å². The number of rotatable bonds is 2. The first kappa shape index (κ1) is 11.8. The Labute approximate surface area is 98.3 Å². The summed E-state index contributed by atoms with van der Waals surface area (Å²) in [7, 11) is -3.25. The molecule has 0 saturated carbocycles. The third-order valence-corrected chi connectivity index (χ3v) is 3.71. The van der Waals surface area contributed by atoms with Gasteiger partial charge >= 0.3 is 11.9 Å². The summed E-state index contributed by atoms with van der Waals surface area (Å²) in [5.74, 6) is -1.74. The molecular weight excluding hydrogens is 244 g/mol. The van der Waals surface area contributed by atoms with Crippen LogP contribution in [0.5, 0.6) is 0 Å². The summed E-state index contributed by atoms with van der Waals surface area (Å²) in [6.07, 6.45) is 1.12. The van der Waals surface area contributed by atoms with E-state index >= 15 is 0 Å². The number of benzene rings is 1. The molecule has 90 valence electrons. The van der Waals surface area contributed by atoms with Crippen molar-refractivity contribution in [3.8, 4) is 0 Å². The molecule has 1 aliphatic heterocycles. The maximum absolute atomic E-state index is 11.3. The lowest BCUT2D eigenvalue weighted by molar-refractivity contribution is -0.152. The fourth-order valence-electron chi connectivity index (χ4n) is 1.68. The quantitative estimate of drug-likeness (QED) is 0.572. The fraction of sp³-hybridized carbons (Fsp3) is 0.273. The first-order chi connectivity index (χ1) is 7.88. The number of cyclic esters (lactones) is 2. The van der Waals surface area contributed by atoms with E-state index in [2.05, 4.69) is 4.74 Å². The number of esters is 2. The Morgan fingerprint density at radius 2 is 1.76 bits per heavy atom. The van der Waals surface area contributed by atoms with Gasteiger partial charge in [0.15, 0.2) is 9.84 Å². The van der Waals surface area contributed by atoms with Crippen LogP contribution in [0.2, 0.25) is 0 Å². The normalized spacial score (nSPS) is 20.4. The van der Waals surface area contributed by atoms with Gasteiger partial charge < -0.3 is 4.74 Å². The van der Waals surface area contributed by atoms with Crippen LogP contribution in [-0.4, -0.2) is 26.6 Å². The summed E-state index contributed by atoms with van der Waals surface area (Å²) in [5.41, 5.74) is 0.591. The molecule has 0 bridgehead atoms. The van der Waals surface area contributed by atoms with Crippen LogP contribution in [0.15, 0.2) is 29.2 Å². The van der Waals surface area contributed by atoms with Crippen molar-refractivity contribution >= 4 is 21.8 Å². The van der Waals surface area contributed by atoms with Gasteiger partial charge in [-0.25, -0.2) is 8.42 Å². The standard InChI is InChI=1S/C11H10O5S/c1-17(14,15)8-4-2-7(3-5-8)9-6-10(12)16-11(9)13/h2-5,9H,6H2,1H3. The Bertz CT molecular complexity index is 570. The second-order valence-corrected chi connectivity index (χ2v) is 5.91. The van der Waals surface area contributed by atoms with Crippen molar-refractivity contribution in [2.75, 3.05) is 6.26 Å². The van der Waals surface area contributed by atoms with Gasteiger partial charge in [-0.3, -0.25) is 9.59 Å². The molecule has 5 nitrogen and oxygen atoms in total. The largest absolute Gasteiger partial charge is 0.393 e. The average molecular weight is 254 g/mol. The van der Waals surface area contributed by atoms with Crippen LogP contribution < -0.4 is 0 Å². The van der Waals surface area contributed by atoms with Crippen molar-refractivity contribution in [1.29, 1.82) is 0 Å². The van der Waals surface area contributed by atoms with Crippen molar-refractivity contribution in [3.63, 3.8) is 0 Å². The lowest BCUT2D eigenvalue weighted by Crippen LogP contribution is -2.06. The van der Waals surface area contributed by atoms with Crippen molar-refractivity contribution in [1.82, 2.24) is 0 Å². The van der Waals surface area contributed by atoms with Gasteiger partial charge in [-0.1, -0.05) is 12.1 Å². The molecule has 0 radical (unpaired) electrons. The smallest absolute Gasteiger partial charge is 0.321 e. The number of ether oxygens (including phenoxy) is 1. The molecule has 2 rings (SSSR count). The highest BCUT2D eigenvalue weighted by molar-refractivity contribution is 7.90. The van der Waals surface area contributed by atoms with Gasteiger partial charge in [0.1, 0.15) is 0 Å². The molecule has 6 heteroatoms. The first-order valence-electron chi connectivity index (χ1n) is 4.92. The van der Waals surface area contributed by atoms with Crippen LogP contribution in [0.4, 0.5) is 0 Å². The molecule has 17 heavy (non-hydrogen) atoms. The Morgan fingerprint density at radius 1 is 1.18 bits per heavy atom. The number of sulfone groups is 1. The summed E-state index contributed by atoms with van der Waals surface area (Å²) < 4.78 is 26.9. The van der Waals surface area contributed by atoms with Crippen LogP contribution in [0.1, 0.15) is 17.9 Å². The van der Waals surface area contributed by atoms with Gasteiger partial charge in [-0.05, 0) is 17.7 Å². The van der Waals surface area contributed by atoms with E-state index in [0.29, 0.717) is 5.56 Å². The maximum atomic E-state index is 11.3. The molecule has 0 aromatic heterocycles. The predicted octanol–water partition coefficient (Wildman–Crippen LogP) is 0.647. The van der Waals surface area contributed by atoms with E-state index in [-0.39, 0.29) is 11.3 Å². The van der Waals surface area contributed by atoms with E-state index < -0.39 is 27.7 Å². The first-order valence-corrected chi connectivity index (χ1v) is 6.81. The van der Waals surface area contributed by atoms with Gasteiger partial charge in [-0.15, -0.1) is 0 Å². The monoisotopic (exact) mass is 254 g/mol. The average Bonchev–Trinajstić information content (AvgIpc) is 2.57. The second kappa shape index (κ2) is 3.96. The van der Waals surface area contributed by atoms with Gasteiger partial charge in [0, 0.05) is 6.26 Å². The van der Waals surface area contributed by atoms with E-state index in [1.165, 1.54) is 24.3 Å². The number of carbonyl (C=O) groups is 2. The summed E-state index contributed by atoms with van der Waals surface area (Å²) in [4.78, 5) is 22.4. The molecule has 1 saturated heterocycles. The van der Waals surface area contributed by atoms with Crippen molar-refractivity contribution in [2.24, 2.45) is 0 Å². The Balaban J connectivity index is 2.31. The highest BCUT2D eigenvalue weighted by Crippen LogP contribution is 2.28. The minimum absolute atomic E-state index is 0.0110. The van der Waals surface area contributed by atoms with E-state index in [0.717, 1.165) is 6.26 Å². The van der Waals surface area contributed by atoms with Gasteiger partial charge in [0.05, 0.1) is 17.2 Å². The van der Waals surface area contributed by atoms with Gasteiger partial charge in [0.25, 0.3) is 0 Å². The molecule has 0 aliphatic carbocycles. The van der Waals surface area contributed by atoms with Crippen molar-refractivity contribution in [3.05, 3.63) is 29.8 Å². The SMILES string of the molecule is CS(=O)(=O)c1ccc(C2CC(=O)OC2=O)cc1. The Kier molecular flexibility index (Phi) is 2.74. The van der Waals surface area contributed by atoms with Crippen LogP contribution in [0.25, 0.3) is 0 Å². The molecule has 0 spiro atoms. The van der Waals surface area contributed by atoms with Gasteiger partial charge in [0.2, 0.25) is 0 Å². The molecule has 1 aromatic carbocycles. The number of hydrogen-bond acceptors (Lipinski definition) is 5. The minimum atomic E-state index is -3.25. The molecule has 1 aromatic rings. The molecular formula is C11H10O5S. The lowest BCUT2D eigenvalue weighted by atomic mass is 9.98. The predicted molar refractivity (Wildman–Crippen MR) is 58.0 cm³/mol. The van der Waals surface area contributed by atoms with Crippen LogP contribution in [0, 0.1) is 0 Å². The van der Waals surface area contributed by atoms with E-state index in [1.54, 1.807) is 0 Å². The van der Waals surface area contributed by atoms with Gasteiger partial charge in [-0.2, -0.15) is 0 Å². The van der Waals surface area contributed by atoms with Crippen molar-refractivity contribution in [2.45, 2.75) is 17.2 Å². The summed E-state index contributed by atoms with van der Waals surface area (Å²) in [6.45, 7) is 0. The highest BCUT2D eigenvalue weighted by atomic mass is 32.2. The fourth-order valence-corrected chi connectivity index (χ4v) is 2.31. The molecule has 1 aliphatic rings. The van der Waals surface area contributed by atoms with Crippen LogP contribution in [-0.2, 0) is 24.2 Å². The third-order valence-electron chi connectivity index (χ3n) is 2.58. The summed E-state index contributed by atoms with van der Waals surface area (Å²) in [6, 6.07) is 5.89. The second-order valence-electron chi connectivity index (χ2n) is 3.89. The van der Waals surface area contributed by atoms with Crippen LogP contribution >= 0.6 is 0 Å².